The summed E-state index contributed by atoms with van der Waals surface area (Å²) in [6.07, 6.45) is 1.90. The van der Waals surface area contributed by atoms with Crippen molar-refractivity contribution in [2.24, 2.45) is 0 Å². The third-order valence-corrected chi connectivity index (χ3v) is 5.87. The van der Waals surface area contributed by atoms with E-state index < -0.39 is 0 Å². The second kappa shape index (κ2) is 12.9. The molecule has 2 amide bonds. The van der Waals surface area contributed by atoms with E-state index >= 15 is 0 Å². The average molecular weight is 494 g/mol. The van der Waals surface area contributed by atoms with Gasteiger partial charge >= 0.3 is 0 Å². The maximum Gasteiger partial charge on any atom is 0.258 e. The summed E-state index contributed by atoms with van der Waals surface area (Å²) in [6, 6.07) is 34.3. The predicted molar refractivity (Wildman–Crippen MR) is 149 cm³/mol. The Morgan fingerprint density at radius 3 is 2.22 bits per heavy atom. The van der Waals surface area contributed by atoms with Crippen LogP contribution in [0.1, 0.15) is 22.3 Å². The minimum absolute atomic E-state index is 0.106. The van der Waals surface area contributed by atoms with Gasteiger partial charge in [-0.2, -0.15) is 0 Å². The number of carbonyl (C=O) groups is 2. The smallest absolute Gasteiger partial charge is 0.258 e. The summed E-state index contributed by atoms with van der Waals surface area (Å²) in [5.41, 5.74) is 4.09. The van der Waals surface area contributed by atoms with Gasteiger partial charge in [0.2, 0.25) is 5.91 Å². The molecule has 0 aliphatic rings. The van der Waals surface area contributed by atoms with E-state index in [4.69, 9.17) is 4.74 Å². The van der Waals surface area contributed by atoms with E-state index in [1.165, 1.54) is 5.56 Å². The van der Waals surface area contributed by atoms with Gasteiger partial charge in [0.25, 0.3) is 5.91 Å². The van der Waals surface area contributed by atoms with Crippen molar-refractivity contribution in [3.05, 3.63) is 120 Å². The normalized spacial score (nSPS) is 10.4. The molecule has 0 aliphatic carbocycles. The predicted octanol–water partition coefficient (Wildman–Crippen LogP) is 6.03. The minimum atomic E-state index is -0.185. The van der Waals surface area contributed by atoms with Gasteiger partial charge in [-0.15, -0.1) is 0 Å². The van der Waals surface area contributed by atoms with Gasteiger partial charge in [-0.1, -0.05) is 54.6 Å². The van der Waals surface area contributed by atoms with Crippen LogP contribution in [0.15, 0.2) is 109 Å². The molecule has 37 heavy (non-hydrogen) atoms. The molecule has 188 valence electrons. The topological polar surface area (TPSA) is 70.7 Å². The molecule has 0 aliphatic heterocycles. The molecule has 0 saturated heterocycles. The summed E-state index contributed by atoms with van der Waals surface area (Å²) in [6.45, 7) is 0.730. The molecule has 0 atom stereocenters. The van der Waals surface area contributed by atoms with E-state index in [9.17, 15) is 9.59 Å². The zero-order valence-corrected chi connectivity index (χ0v) is 20.9. The number of hydrogen-bond donors (Lipinski definition) is 2. The van der Waals surface area contributed by atoms with Gasteiger partial charge in [-0.25, -0.2) is 0 Å². The first-order valence-corrected chi connectivity index (χ1v) is 12.3. The number of amides is 2. The van der Waals surface area contributed by atoms with E-state index in [-0.39, 0.29) is 18.4 Å². The van der Waals surface area contributed by atoms with Crippen molar-refractivity contribution in [2.75, 3.05) is 35.7 Å². The number of nitrogens with zero attached hydrogens (tertiary/aromatic N) is 1. The second-order valence-corrected chi connectivity index (χ2v) is 8.64. The van der Waals surface area contributed by atoms with Gasteiger partial charge in [-0.05, 0) is 66.9 Å². The lowest BCUT2D eigenvalue weighted by Gasteiger charge is -2.17. The highest BCUT2D eigenvalue weighted by Crippen LogP contribution is 2.19. The van der Waals surface area contributed by atoms with Gasteiger partial charge in [0.1, 0.15) is 5.75 Å². The van der Waals surface area contributed by atoms with Gasteiger partial charge < -0.3 is 20.3 Å². The summed E-state index contributed by atoms with van der Waals surface area (Å²) < 4.78 is 5.87. The monoisotopic (exact) mass is 493 g/mol. The summed E-state index contributed by atoms with van der Waals surface area (Å²) in [4.78, 5) is 26.8. The van der Waals surface area contributed by atoms with Crippen molar-refractivity contribution in [3.63, 3.8) is 0 Å². The van der Waals surface area contributed by atoms with Crippen LogP contribution in [-0.2, 0) is 11.2 Å². The fourth-order valence-corrected chi connectivity index (χ4v) is 3.85. The Hall–Kier alpha value is -4.58. The number of nitrogens with one attached hydrogen (secondary N) is 2. The number of rotatable bonds is 11. The number of aryl methyl sites for hydroxylation is 1. The van der Waals surface area contributed by atoms with Gasteiger partial charge in [0.15, 0.2) is 0 Å². The molecule has 0 spiro atoms. The first-order chi connectivity index (χ1) is 18.1. The van der Waals surface area contributed by atoms with E-state index in [2.05, 4.69) is 22.8 Å². The maximum atomic E-state index is 12.7. The quantitative estimate of drug-likeness (QED) is 0.251. The summed E-state index contributed by atoms with van der Waals surface area (Å²) in [7, 11) is 1.74. The Bertz CT molecular complexity index is 1290. The van der Waals surface area contributed by atoms with Crippen LogP contribution >= 0.6 is 0 Å². The van der Waals surface area contributed by atoms with Crippen LogP contribution in [-0.4, -0.2) is 32.0 Å². The molecule has 4 rings (SSSR count). The molecule has 0 unspecified atom stereocenters. The van der Waals surface area contributed by atoms with Crippen LogP contribution in [0, 0.1) is 0 Å². The summed E-state index contributed by atoms with van der Waals surface area (Å²) in [5, 5.41) is 5.98. The maximum absolute atomic E-state index is 12.7. The Balaban J connectivity index is 1.21. The van der Waals surface area contributed by atoms with Crippen molar-refractivity contribution in [1.29, 1.82) is 0 Å². The Labute approximate surface area is 217 Å². The lowest BCUT2D eigenvalue weighted by atomic mass is 10.1. The van der Waals surface area contributed by atoms with E-state index in [0.29, 0.717) is 17.9 Å². The van der Waals surface area contributed by atoms with Crippen molar-refractivity contribution in [3.8, 4) is 5.75 Å². The van der Waals surface area contributed by atoms with Crippen LogP contribution in [0.5, 0.6) is 5.75 Å². The number of ether oxygens (including phenoxy) is 1. The van der Waals surface area contributed by atoms with Gasteiger partial charge in [0, 0.05) is 35.7 Å². The van der Waals surface area contributed by atoms with Crippen LogP contribution in [0.25, 0.3) is 0 Å². The van der Waals surface area contributed by atoms with Crippen molar-refractivity contribution >= 4 is 28.9 Å². The number of hydrogen-bond acceptors (Lipinski definition) is 4. The van der Waals surface area contributed by atoms with Crippen molar-refractivity contribution < 1.29 is 14.3 Å². The Kier molecular flexibility index (Phi) is 8.92. The highest BCUT2D eigenvalue weighted by Gasteiger charge is 2.13. The number of carbonyl (C=O) groups excluding carboxylic acids is 2. The first-order valence-electron chi connectivity index (χ1n) is 12.3. The molecule has 2 N–H and O–H groups in total. The van der Waals surface area contributed by atoms with Crippen molar-refractivity contribution in [1.82, 2.24) is 0 Å². The SMILES string of the molecule is CN(C(=O)c1ccc(NC(=O)CNc2cccc(OCCCc3ccccc3)c2)cc1)c1ccccc1. The third kappa shape index (κ3) is 7.70. The van der Waals surface area contributed by atoms with Crippen LogP contribution in [0.4, 0.5) is 17.1 Å². The van der Waals surface area contributed by atoms with Crippen LogP contribution in [0.3, 0.4) is 0 Å². The van der Waals surface area contributed by atoms with Gasteiger partial charge in [-0.3, -0.25) is 9.59 Å². The molecular formula is C31H31N3O3. The lowest BCUT2D eigenvalue weighted by Crippen LogP contribution is -2.26. The van der Waals surface area contributed by atoms with Crippen LogP contribution in [0.2, 0.25) is 0 Å². The Morgan fingerprint density at radius 2 is 1.49 bits per heavy atom. The third-order valence-electron chi connectivity index (χ3n) is 5.87. The first kappa shape index (κ1) is 25.5. The molecule has 0 bridgehead atoms. The van der Waals surface area contributed by atoms with E-state index in [0.717, 1.165) is 30.0 Å². The molecule has 4 aromatic carbocycles. The molecule has 6 nitrogen and oxygen atoms in total. The van der Waals surface area contributed by atoms with Crippen molar-refractivity contribution in [2.45, 2.75) is 12.8 Å². The molecular weight excluding hydrogens is 462 g/mol. The van der Waals surface area contributed by atoms with E-state index in [1.54, 1.807) is 36.2 Å². The zero-order chi connectivity index (χ0) is 25.9. The number of anilines is 3. The molecule has 0 fully saturated rings. The zero-order valence-electron chi connectivity index (χ0n) is 20.9. The summed E-state index contributed by atoms with van der Waals surface area (Å²) in [5.74, 6) is 0.460. The highest BCUT2D eigenvalue weighted by molar-refractivity contribution is 6.06. The summed E-state index contributed by atoms with van der Waals surface area (Å²) >= 11 is 0. The molecule has 0 aromatic heterocycles. The Morgan fingerprint density at radius 1 is 0.784 bits per heavy atom. The van der Waals surface area contributed by atoms with Gasteiger partial charge in [0.05, 0.1) is 13.2 Å². The molecule has 0 radical (unpaired) electrons. The molecule has 0 heterocycles. The standard InChI is InChI=1S/C31H31N3O3/c1-34(28-14-6-3-7-15-28)31(36)25-17-19-26(20-18-25)33-30(35)23-32-27-13-8-16-29(22-27)37-21-9-12-24-10-4-2-5-11-24/h2-8,10-11,13-20,22,32H,9,12,21,23H2,1H3,(H,33,35). The molecule has 4 aromatic rings. The molecule has 6 heteroatoms. The average Bonchev–Trinajstić information content (AvgIpc) is 2.95. The molecule has 0 saturated carbocycles. The van der Waals surface area contributed by atoms with E-state index in [1.807, 2.05) is 72.8 Å². The second-order valence-electron chi connectivity index (χ2n) is 8.64. The number of benzene rings is 4. The largest absolute Gasteiger partial charge is 0.494 e. The minimum Gasteiger partial charge on any atom is -0.494 e. The fourth-order valence-electron chi connectivity index (χ4n) is 3.85. The lowest BCUT2D eigenvalue weighted by molar-refractivity contribution is -0.114. The van der Waals surface area contributed by atoms with Crippen LogP contribution < -0.4 is 20.3 Å². The highest BCUT2D eigenvalue weighted by atomic mass is 16.5. The number of para-hydroxylation sites is 1. The fraction of sp³-hybridized carbons (Fsp3) is 0.161.